The summed E-state index contributed by atoms with van der Waals surface area (Å²) >= 11 is 0. The molecule has 1 unspecified atom stereocenters. The molecule has 0 radical (unpaired) electrons. The van der Waals surface area contributed by atoms with Gasteiger partial charge in [-0.3, -0.25) is 9.69 Å². The van der Waals surface area contributed by atoms with E-state index < -0.39 is 0 Å². The Kier molecular flexibility index (Phi) is 6.06. The minimum atomic E-state index is 0.219. The molecule has 0 bridgehead atoms. The van der Waals surface area contributed by atoms with Crippen molar-refractivity contribution in [3.05, 3.63) is 11.7 Å². The highest BCUT2D eigenvalue weighted by molar-refractivity contribution is 5.77. The highest BCUT2D eigenvalue weighted by Gasteiger charge is 2.41. The number of amides is 1. The van der Waals surface area contributed by atoms with E-state index in [0.29, 0.717) is 24.8 Å². The Hall–Kier alpha value is -1.47. The first kappa shape index (κ1) is 18.3. The first-order valence-corrected chi connectivity index (χ1v) is 9.45. The second-order valence-electron chi connectivity index (χ2n) is 7.43. The summed E-state index contributed by atoms with van der Waals surface area (Å²) in [5.41, 5.74) is 0.219. The monoisotopic (exact) mass is 350 g/mol. The summed E-state index contributed by atoms with van der Waals surface area (Å²) in [4.78, 5) is 21.2. The average Bonchev–Trinajstić information content (AvgIpc) is 3.06. The number of aromatic nitrogens is 2. The Labute approximate surface area is 149 Å². The molecule has 7 nitrogen and oxygen atoms in total. The van der Waals surface area contributed by atoms with Crippen LogP contribution in [-0.2, 0) is 22.5 Å². The van der Waals surface area contributed by atoms with E-state index in [1.807, 2.05) is 6.92 Å². The quantitative estimate of drug-likeness (QED) is 0.699. The first-order chi connectivity index (χ1) is 12.1. The van der Waals surface area contributed by atoms with Crippen LogP contribution in [0.4, 0.5) is 0 Å². The summed E-state index contributed by atoms with van der Waals surface area (Å²) in [6.45, 7) is 7.22. The third-order valence-corrected chi connectivity index (χ3v) is 5.44. The van der Waals surface area contributed by atoms with Crippen molar-refractivity contribution in [1.82, 2.24) is 19.9 Å². The normalized spacial score (nSPS) is 25.0. The van der Waals surface area contributed by atoms with E-state index in [4.69, 9.17) is 9.26 Å². The molecule has 25 heavy (non-hydrogen) atoms. The Morgan fingerprint density at radius 2 is 2.20 bits per heavy atom. The molecule has 0 saturated carbocycles. The molecular formula is C18H30N4O3. The standard InChI is InChI=1S/C18H30N4O3/c1-3-16-19-15(20-25-16)12-21-9-4-7-18(13-21)8-6-17(23)22(14-18)10-5-11-24-2/h3-14H2,1-2H3. The van der Waals surface area contributed by atoms with Crippen LogP contribution in [0.25, 0.3) is 0 Å². The van der Waals surface area contributed by atoms with Crippen LogP contribution in [-0.4, -0.2) is 65.7 Å². The second kappa shape index (κ2) is 8.27. The van der Waals surface area contributed by atoms with Crippen LogP contribution in [0.15, 0.2) is 4.52 Å². The van der Waals surface area contributed by atoms with E-state index >= 15 is 0 Å². The summed E-state index contributed by atoms with van der Waals surface area (Å²) in [7, 11) is 1.71. The molecule has 2 saturated heterocycles. The molecule has 0 aliphatic carbocycles. The number of likely N-dealkylation sites (tertiary alicyclic amines) is 2. The first-order valence-electron chi connectivity index (χ1n) is 9.45. The largest absolute Gasteiger partial charge is 0.385 e. The molecule has 1 spiro atoms. The van der Waals surface area contributed by atoms with Crippen LogP contribution in [0, 0.1) is 5.41 Å². The van der Waals surface area contributed by atoms with Gasteiger partial charge in [0, 0.05) is 51.6 Å². The van der Waals surface area contributed by atoms with Gasteiger partial charge in [-0.25, -0.2) is 0 Å². The average molecular weight is 350 g/mol. The molecule has 7 heteroatoms. The maximum absolute atomic E-state index is 12.3. The summed E-state index contributed by atoms with van der Waals surface area (Å²) in [6, 6.07) is 0. The van der Waals surface area contributed by atoms with Gasteiger partial charge in [0.2, 0.25) is 11.8 Å². The highest BCUT2D eigenvalue weighted by atomic mass is 16.5. The van der Waals surface area contributed by atoms with Crippen LogP contribution in [0.3, 0.4) is 0 Å². The van der Waals surface area contributed by atoms with E-state index in [1.165, 1.54) is 12.8 Å². The van der Waals surface area contributed by atoms with Crippen LogP contribution in [0.2, 0.25) is 0 Å². The van der Waals surface area contributed by atoms with Gasteiger partial charge in [0.1, 0.15) is 0 Å². The predicted molar refractivity (Wildman–Crippen MR) is 92.9 cm³/mol. The van der Waals surface area contributed by atoms with Crippen LogP contribution in [0.5, 0.6) is 0 Å². The fourth-order valence-corrected chi connectivity index (χ4v) is 4.18. The molecule has 2 aliphatic rings. The molecule has 1 aromatic heterocycles. The molecule has 3 heterocycles. The van der Waals surface area contributed by atoms with Gasteiger partial charge in [0.25, 0.3) is 0 Å². The molecular weight excluding hydrogens is 320 g/mol. The summed E-state index contributed by atoms with van der Waals surface area (Å²) in [5.74, 6) is 1.77. The Balaban J connectivity index is 1.59. The van der Waals surface area contributed by atoms with Crippen molar-refractivity contribution in [3.8, 4) is 0 Å². The fourth-order valence-electron chi connectivity index (χ4n) is 4.18. The summed E-state index contributed by atoms with van der Waals surface area (Å²) < 4.78 is 10.4. The smallest absolute Gasteiger partial charge is 0.226 e. The number of aryl methyl sites for hydroxylation is 1. The minimum absolute atomic E-state index is 0.219. The van der Waals surface area contributed by atoms with Crippen LogP contribution >= 0.6 is 0 Å². The molecule has 0 N–H and O–H groups in total. The number of methoxy groups -OCH3 is 1. The van der Waals surface area contributed by atoms with Gasteiger partial charge in [-0.05, 0) is 32.2 Å². The number of hydrogen-bond acceptors (Lipinski definition) is 6. The third-order valence-electron chi connectivity index (χ3n) is 5.44. The van der Waals surface area contributed by atoms with Gasteiger partial charge < -0.3 is 14.2 Å². The summed E-state index contributed by atoms with van der Waals surface area (Å²) in [5, 5.41) is 4.09. The van der Waals surface area contributed by atoms with Crippen molar-refractivity contribution in [2.45, 2.75) is 52.0 Å². The maximum Gasteiger partial charge on any atom is 0.226 e. The molecule has 0 aromatic carbocycles. The number of carbonyl (C=O) groups is 1. The number of rotatable bonds is 7. The van der Waals surface area contributed by atoms with E-state index in [-0.39, 0.29) is 5.41 Å². The lowest BCUT2D eigenvalue weighted by molar-refractivity contribution is -0.139. The predicted octanol–water partition coefficient (Wildman–Crippen LogP) is 1.87. The van der Waals surface area contributed by atoms with Gasteiger partial charge in [0.15, 0.2) is 5.82 Å². The molecule has 1 atom stereocenters. The number of hydrogen-bond donors (Lipinski definition) is 0. The number of ether oxygens (including phenoxy) is 1. The zero-order valence-electron chi connectivity index (χ0n) is 15.5. The number of nitrogens with zero attached hydrogens (tertiary/aromatic N) is 4. The Bertz CT molecular complexity index is 576. The Morgan fingerprint density at radius 1 is 1.32 bits per heavy atom. The molecule has 1 aromatic rings. The van der Waals surface area contributed by atoms with E-state index in [9.17, 15) is 4.79 Å². The number of piperidine rings is 2. The minimum Gasteiger partial charge on any atom is -0.385 e. The van der Waals surface area contributed by atoms with E-state index in [0.717, 1.165) is 57.8 Å². The molecule has 140 valence electrons. The molecule has 3 rings (SSSR count). The van der Waals surface area contributed by atoms with Gasteiger partial charge in [-0.2, -0.15) is 4.98 Å². The van der Waals surface area contributed by atoms with Crippen LogP contribution < -0.4 is 0 Å². The SMILES string of the molecule is CCc1nc(CN2CCCC3(CCC(=O)N(CCCOC)C3)C2)no1. The van der Waals surface area contributed by atoms with Gasteiger partial charge in [-0.1, -0.05) is 12.1 Å². The topological polar surface area (TPSA) is 71.7 Å². The van der Waals surface area contributed by atoms with E-state index in [1.54, 1.807) is 7.11 Å². The van der Waals surface area contributed by atoms with Gasteiger partial charge in [0.05, 0.1) is 6.54 Å². The number of carbonyl (C=O) groups excluding carboxylic acids is 1. The Morgan fingerprint density at radius 3 is 2.96 bits per heavy atom. The van der Waals surface area contributed by atoms with Crippen LogP contribution in [0.1, 0.15) is 50.7 Å². The van der Waals surface area contributed by atoms with E-state index in [2.05, 4.69) is 19.9 Å². The molecule has 1 amide bonds. The van der Waals surface area contributed by atoms with Crippen molar-refractivity contribution >= 4 is 5.91 Å². The summed E-state index contributed by atoms with van der Waals surface area (Å²) in [6.07, 6.45) is 5.71. The lowest BCUT2D eigenvalue weighted by Gasteiger charge is -2.48. The lowest BCUT2D eigenvalue weighted by Crippen LogP contribution is -2.54. The molecule has 2 aliphatic heterocycles. The van der Waals surface area contributed by atoms with Crippen molar-refractivity contribution in [2.24, 2.45) is 5.41 Å². The van der Waals surface area contributed by atoms with Crippen molar-refractivity contribution in [2.75, 3.05) is 39.9 Å². The van der Waals surface area contributed by atoms with Gasteiger partial charge in [-0.15, -0.1) is 0 Å². The zero-order chi connectivity index (χ0) is 17.7. The lowest BCUT2D eigenvalue weighted by atomic mass is 9.73. The third kappa shape index (κ3) is 4.58. The highest BCUT2D eigenvalue weighted by Crippen LogP contribution is 2.39. The fraction of sp³-hybridized carbons (Fsp3) is 0.833. The van der Waals surface area contributed by atoms with Gasteiger partial charge >= 0.3 is 0 Å². The van der Waals surface area contributed by atoms with Crippen molar-refractivity contribution in [3.63, 3.8) is 0 Å². The van der Waals surface area contributed by atoms with Crippen molar-refractivity contribution in [1.29, 1.82) is 0 Å². The molecule has 2 fully saturated rings. The maximum atomic E-state index is 12.3. The van der Waals surface area contributed by atoms with Crippen molar-refractivity contribution < 1.29 is 14.1 Å². The zero-order valence-corrected chi connectivity index (χ0v) is 15.5. The second-order valence-corrected chi connectivity index (χ2v) is 7.43.